The van der Waals surface area contributed by atoms with Crippen molar-refractivity contribution in [3.8, 4) is 0 Å². The lowest BCUT2D eigenvalue weighted by atomic mass is 10.1. The van der Waals surface area contributed by atoms with E-state index in [9.17, 15) is 18.5 Å². The Morgan fingerprint density at radius 1 is 1.48 bits per heavy atom. The van der Waals surface area contributed by atoms with Crippen LogP contribution in [0.3, 0.4) is 0 Å². The van der Waals surface area contributed by atoms with Gasteiger partial charge in [0.1, 0.15) is 5.69 Å². The number of ether oxygens (including phenoxy) is 1. The van der Waals surface area contributed by atoms with Crippen molar-refractivity contribution in [2.45, 2.75) is 24.8 Å². The molecule has 1 fully saturated rings. The largest absolute Gasteiger partial charge is 0.377 e. The SMILES string of the molecule is CC(C)CN1CCO[C@@H](CNc2ccc(S(N)(=O)=O)cc2[N+](=O)[O-])C1. The first-order chi connectivity index (χ1) is 11.7. The molecule has 25 heavy (non-hydrogen) atoms. The molecule has 3 N–H and O–H groups in total. The molecule has 1 saturated heterocycles. The Balaban J connectivity index is 2.06. The fraction of sp³-hybridized carbons (Fsp3) is 0.600. The lowest BCUT2D eigenvalue weighted by Gasteiger charge is -2.34. The van der Waals surface area contributed by atoms with Gasteiger partial charge in [-0.25, -0.2) is 13.6 Å². The summed E-state index contributed by atoms with van der Waals surface area (Å²) in [5.74, 6) is 0.554. The Labute approximate surface area is 147 Å². The van der Waals surface area contributed by atoms with E-state index in [4.69, 9.17) is 9.88 Å². The zero-order valence-corrected chi connectivity index (χ0v) is 15.2. The third-order valence-corrected chi connectivity index (χ3v) is 4.77. The van der Waals surface area contributed by atoms with Crippen molar-refractivity contribution in [1.82, 2.24) is 4.90 Å². The molecule has 2 rings (SSSR count). The molecule has 0 saturated carbocycles. The van der Waals surface area contributed by atoms with Crippen LogP contribution in [0, 0.1) is 16.0 Å². The maximum absolute atomic E-state index is 11.4. The highest BCUT2D eigenvalue weighted by molar-refractivity contribution is 7.89. The van der Waals surface area contributed by atoms with Gasteiger partial charge in [-0.2, -0.15) is 0 Å². The first-order valence-electron chi connectivity index (χ1n) is 8.06. The number of hydrogen-bond acceptors (Lipinski definition) is 7. The molecule has 1 aliphatic rings. The molecule has 10 heteroatoms. The molecular weight excluding hydrogens is 348 g/mol. The number of hydrogen-bond donors (Lipinski definition) is 2. The molecule has 1 aromatic carbocycles. The summed E-state index contributed by atoms with van der Waals surface area (Å²) in [6.45, 7) is 7.91. The molecule has 1 aromatic rings. The highest BCUT2D eigenvalue weighted by Crippen LogP contribution is 2.27. The van der Waals surface area contributed by atoms with Crippen molar-refractivity contribution < 1.29 is 18.1 Å². The van der Waals surface area contributed by atoms with Gasteiger partial charge in [-0.3, -0.25) is 15.0 Å². The summed E-state index contributed by atoms with van der Waals surface area (Å²) >= 11 is 0. The van der Waals surface area contributed by atoms with Crippen molar-refractivity contribution in [2.75, 3.05) is 38.1 Å². The first-order valence-corrected chi connectivity index (χ1v) is 9.60. The number of anilines is 1. The molecule has 0 spiro atoms. The molecule has 1 atom stereocenters. The molecule has 0 amide bonds. The maximum atomic E-state index is 11.4. The number of nitrogens with one attached hydrogen (secondary N) is 1. The third kappa shape index (κ3) is 5.63. The quantitative estimate of drug-likeness (QED) is 0.540. The van der Waals surface area contributed by atoms with Crippen LogP contribution in [0.4, 0.5) is 11.4 Å². The highest BCUT2D eigenvalue weighted by Gasteiger charge is 2.23. The minimum Gasteiger partial charge on any atom is -0.377 e. The standard InChI is InChI=1S/C15H24N4O5S/c1-11(2)9-18-5-6-24-12(10-18)8-17-14-4-3-13(25(16,22)23)7-15(14)19(20)21/h3-4,7,11-12,17H,5-6,8-10H2,1-2H3,(H2,16,22,23)/t12-/m0/s1. The minimum atomic E-state index is -3.99. The monoisotopic (exact) mass is 372 g/mol. The Kier molecular flexibility index (Phi) is 6.33. The van der Waals surface area contributed by atoms with Crippen molar-refractivity contribution in [3.63, 3.8) is 0 Å². The van der Waals surface area contributed by atoms with E-state index in [0.29, 0.717) is 19.1 Å². The Hall–Kier alpha value is -1.75. The molecule has 0 unspecified atom stereocenters. The van der Waals surface area contributed by atoms with Crippen LogP contribution in [0.2, 0.25) is 0 Å². The Morgan fingerprint density at radius 3 is 2.80 bits per heavy atom. The van der Waals surface area contributed by atoms with E-state index in [2.05, 4.69) is 24.1 Å². The van der Waals surface area contributed by atoms with E-state index in [1.54, 1.807) is 0 Å². The zero-order valence-electron chi connectivity index (χ0n) is 14.3. The van der Waals surface area contributed by atoms with Crippen molar-refractivity contribution in [3.05, 3.63) is 28.3 Å². The summed E-state index contributed by atoms with van der Waals surface area (Å²) in [4.78, 5) is 12.6. The van der Waals surface area contributed by atoms with E-state index in [0.717, 1.165) is 25.7 Å². The molecule has 0 aromatic heterocycles. The number of sulfonamides is 1. The zero-order chi connectivity index (χ0) is 18.6. The van der Waals surface area contributed by atoms with Crippen LogP contribution in [0.1, 0.15) is 13.8 Å². The van der Waals surface area contributed by atoms with Gasteiger partial charge in [0.2, 0.25) is 10.0 Å². The average molecular weight is 372 g/mol. The smallest absolute Gasteiger partial charge is 0.293 e. The average Bonchev–Trinajstić information content (AvgIpc) is 2.51. The number of nitro groups is 1. The van der Waals surface area contributed by atoms with Gasteiger partial charge in [0.25, 0.3) is 5.69 Å². The van der Waals surface area contributed by atoms with Gasteiger partial charge < -0.3 is 10.1 Å². The second-order valence-corrected chi connectivity index (χ2v) is 8.07. The van der Waals surface area contributed by atoms with Crippen molar-refractivity contribution >= 4 is 21.4 Å². The number of nitrogens with zero attached hydrogens (tertiary/aromatic N) is 2. The second-order valence-electron chi connectivity index (χ2n) is 6.51. The number of morpholine rings is 1. The van der Waals surface area contributed by atoms with Gasteiger partial charge in [-0.1, -0.05) is 13.8 Å². The van der Waals surface area contributed by atoms with Crippen LogP contribution in [-0.4, -0.2) is 57.1 Å². The predicted molar refractivity (Wildman–Crippen MR) is 94.0 cm³/mol. The Bertz CT molecular complexity index is 723. The number of primary sulfonamides is 1. The van der Waals surface area contributed by atoms with Gasteiger partial charge in [0.05, 0.1) is 22.5 Å². The highest BCUT2D eigenvalue weighted by atomic mass is 32.2. The fourth-order valence-electron chi connectivity index (χ4n) is 2.80. The van der Waals surface area contributed by atoms with Gasteiger partial charge in [-0.05, 0) is 18.1 Å². The maximum Gasteiger partial charge on any atom is 0.293 e. The van der Waals surface area contributed by atoms with Crippen LogP contribution < -0.4 is 10.5 Å². The van der Waals surface area contributed by atoms with Crippen LogP contribution in [0.25, 0.3) is 0 Å². The molecule has 9 nitrogen and oxygen atoms in total. The topological polar surface area (TPSA) is 128 Å². The lowest BCUT2D eigenvalue weighted by Crippen LogP contribution is -2.46. The van der Waals surface area contributed by atoms with Crippen molar-refractivity contribution in [2.24, 2.45) is 11.1 Å². The number of benzene rings is 1. The number of rotatable bonds is 7. The minimum absolute atomic E-state index is 0.0926. The normalized spacial score (nSPS) is 19.1. The Morgan fingerprint density at radius 2 is 2.20 bits per heavy atom. The third-order valence-electron chi connectivity index (χ3n) is 3.86. The second kappa shape index (κ2) is 8.09. The van der Waals surface area contributed by atoms with Crippen LogP contribution >= 0.6 is 0 Å². The van der Waals surface area contributed by atoms with E-state index in [1.807, 2.05) is 0 Å². The van der Waals surface area contributed by atoms with Crippen LogP contribution in [0.15, 0.2) is 23.1 Å². The molecular formula is C15H24N4O5S. The molecule has 1 aliphatic heterocycles. The van der Waals surface area contributed by atoms with Gasteiger partial charge in [-0.15, -0.1) is 0 Å². The van der Waals surface area contributed by atoms with Crippen LogP contribution in [0.5, 0.6) is 0 Å². The predicted octanol–water partition coefficient (Wildman–Crippen LogP) is 1.01. The van der Waals surface area contributed by atoms with Gasteiger partial charge in [0, 0.05) is 32.2 Å². The number of nitro benzene ring substituents is 1. The first kappa shape index (κ1) is 19.6. The summed E-state index contributed by atoms with van der Waals surface area (Å²) in [6, 6.07) is 3.56. The molecule has 0 aliphatic carbocycles. The van der Waals surface area contributed by atoms with E-state index >= 15 is 0 Å². The molecule has 0 bridgehead atoms. The fourth-order valence-corrected chi connectivity index (χ4v) is 3.33. The van der Waals surface area contributed by atoms with Gasteiger partial charge in [0.15, 0.2) is 0 Å². The van der Waals surface area contributed by atoms with E-state index in [-0.39, 0.29) is 22.4 Å². The summed E-state index contributed by atoms with van der Waals surface area (Å²) < 4.78 is 28.4. The van der Waals surface area contributed by atoms with E-state index < -0.39 is 14.9 Å². The summed E-state index contributed by atoms with van der Waals surface area (Å²) in [7, 11) is -3.99. The summed E-state index contributed by atoms with van der Waals surface area (Å²) in [6.07, 6.45) is -0.0926. The molecule has 0 radical (unpaired) electrons. The van der Waals surface area contributed by atoms with Crippen molar-refractivity contribution in [1.29, 1.82) is 0 Å². The van der Waals surface area contributed by atoms with E-state index in [1.165, 1.54) is 12.1 Å². The molecule has 140 valence electrons. The molecule has 1 heterocycles. The number of nitrogens with two attached hydrogens (primary N) is 1. The van der Waals surface area contributed by atoms with Gasteiger partial charge >= 0.3 is 0 Å². The van der Waals surface area contributed by atoms with Crippen LogP contribution in [-0.2, 0) is 14.8 Å². The summed E-state index contributed by atoms with van der Waals surface area (Å²) in [5.41, 5.74) is -0.0941. The lowest BCUT2D eigenvalue weighted by molar-refractivity contribution is -0.384. The summed E-state index contributed by atoms with van der Waals surface area (Å²) in [5, 5.41) is 19.2.